The van der Waals surface area contributed by atoms with Crippen LogP contribution in [0.15, 0.2) is 66.7 Å². The van der Waals surface area contributed by atoms with Gasteiger partial charge < -0.3 is 0 Å². The van der Waals surface area contributed by atoms with Gasteiger partial charge in [-0.2, -0.15) is 0 Å². The molecule has 0 heterocycles. The molecule has 4 rings (SSSR count). The van der Waals surface area contributed by atoms with Crippen LogP contribution in [0.3, 0.4) is 0 Å². The standard InChI is InChI=1S/C21H18/c1-2-15-13-14-21-17(15)10-6-12-20(21)19-11-5-8-16-7-3-4-9-18(16)19/h3-15H,2H2,1H3. The molecule has 0 aromatic heterocycles. The molecule has 0 amide bonds. The van der Waals surface area contributed by atoms with Gasteiger partial charge in [-0.05, 0) is 39.4 Å². The fourth-order valence-corrected chi connectivity index (χ4v) is 3.46. The predicted molar refractivity (Wildman–Crippen MR) is 91.5 cm³/mol. The Morgan fingerprint density at radius 1 is 0.810 bits per heavy atom. The van der Waals surface area contributed by atoms with E-state index in [-0.39, 0.29) is 0 Å². The van der Waals surface area contributed by atoms with Gasteiger partial charge in [0.1, 0.15) is 0 Å². The molecule has 0 N–H and O–H groups in total. The van der Waals surface area contributed by atoms with Gasteiger partial charge >= 0.3 is 0 Å². The van der Waals surface area contributed by atoms with Crippen molar-refractivity contribution < 1.29 is 0 Å². The molecule has 0 saturated heterocycles. The molecule has 1 atom stereocenters. The molecule has 0 radical (unpaired) electrons. The van der Waals surface area contributed by atoms with Crippen LogP contribution in [0.4, 0.5) is 0 Å². The maximum Gasteiger partial charge on any atom is 0.00248 e. The van der Waals surface area contributed by atoms with Crippen LogP contribution >= 0.6 is 0 Å². The molecule has 0 fully saturated rings. The maximum atomic E-state index is 2.35. The van der Waals surface area contributed by atoms with E-state index < -0.39 is 0 Å². The second kappa shape index (κ2) is 4.89. The molecule has 0 bridgehead atoms. The first-order valence-corrected chi connectivity index (χ1v) is 7.67. The number of fused-ring (bicyclic) bond motifs is 2. The third-order valence-corrected chi connectivity index (χ3v) is 4.55. The number of allylic oxidation sites excluding steroid dienone is 1. The lowest BCUT2D eigenvalue weighted by molar-refractivity contribution is 0.819. The molecule has 0 saturated carbocycles. The van der Waals surface area contributed by atoms with Crippen molar-refractivity contribution in [3.05, 3.63) is 77.9 Å². The summed E-state index contributed by atoms with van der Waals surface area (Å²) in [7, 11) is 0. The maximum absolute atomic E-state index is 2.35. The summed E-state index contributed by atoms with van der Waals surface area (Å²) in [5.74, 6) is 0.579. The molecule has 3 aromatic rings. The zero-order valence-electron chi connectivity index (χ0n) is 12.2. The summed E-state index contributed by atoms with van der Waals surface area (Å²) in [6.07, 6.45) is 5.82. The summed E-state index contributed by atoms with van der Waals surface area (Å²) >= 11 is 0. The molecule has 1 unspecified atom stereocenters. The normalized spacial score (nSPS) is 16.3. The highest BCUT2D eigenvalue weighted by Gasteiger charge is 2.19. The Hall–Kier alpha value is -2.34. The SMILES string of the molecule is CCC1C=Cc2c(-c3cccc4ccccc34)cccc21. The van der Waals surface area contributed by atoms with E-state index in [1.54, 1.807) is 0 Å². The number of hydrogen-bond acceptors (Lipinski definition) is 0. The average Bonchev–Trinajstić information content (AvgIpc) is 2.97. The van der Waals surface area contributed by atoms with Gasteiger partial charge in [0.2, 0.25) is 0 Å². The third kappa shape index (κ3) is 1.91. The van der Waals surface area contributed by atoms with Gasteiger partial charge in [-0.15, -0.1) is 0 Å². The van der Waals surface area contributed by atoms with E-state index in [1.807, 2.05) is 0 Å². The third-order valence-electron chi connectivity index (χ3n) is 4.55. The Morgan fingerprint density at radius 3 is 2.48 bits per heavy atom. The fraction of sp³-hybridized carbons (Fsp3) is 0.143. The molecule has 3 aromatic carbocycles. The van der Waals surface area contributed by atoms with Crippen molar-refractivity contribution in [1.29, 1.82) is 0 Å². The quantitative estimate of drug-likeness (QED) is 0.533. The predicted octanol–water partition coefficient (Wildman–Crippen LogP) is 6.03. The highest BCUT2D eigenvalue weighted by molar-refractivity contribution is 5.99. The highest BCUT2D eigenvalue weighted by Crippen LogP contribution is 2.40. The van der Waals surface area contributed by atoms with E-state index in [1.165, 1.54) is 39.4 Å². The number of hydrogen-bond donors (Lipinski definition) is 0. The van der Waals surface area contributed by atoms with Crippen molar-refractivity contribution in [2.75, 3.05) is 0 Å². The molecule has 102 valence electrons. The zero-order valence-corrected chi connectivity index (χ0v) is 12.2. The van der Waals surface area contributed by atoms with Crippen LogP contribution in [0.5, 0.6) is 0 Å². The van der Waals surface area contributed by atoms with Crippen LogP contribution in [0.2, 0.25) is 0 Å². The van der Waals surface area contributed by atoms with Gasteiger partial charge in [0.05, 0.1) is 0 Å². The van der Waals surface area contributed by atoms with Gasteiger partial charge in [0.15, 0.2) is 0 Å². The van der Waals surface area contributed by atoms with Gasteiger partial charge in [-0.3, -0.25) is 0 Å². The lowest BCUT2D eigenvalue weighted by atomic mass is 9.90. The molecule has 0 spiro atoms. The van der Waals surface area contributed by atoms with Crippen LogP contribution in [-0.4, -0.2) is 0 Å². The number of rotatable bonds is 2. The van der Waals surface area contributed by atoms with Gasteiger partial charge in [0, 0.05) is 5.92 Å². The van der Waals surface area contributed by atoms with Crippen molar-refractivity contribution in [3.63, 3.8) is 0 Å². The Kier molecular flexibility index (Phi) is 2.89. The number of benzene rings is 3. The van der Waals surface area contributed by atoms with Crippen LogP contribution in [0.25, 0.3) is 28.0 Å². The fourth-order valence-electron chi connectivity index (χ4n) is 3.46. The van der Waals surface area contributed by atoms with Gasteiger partial charge in [0.25, 0.3) is 0 Å². The van der Waals surface area contributed by atoms with Crippen molar-refractivity contribution in [1.82, 2.24) is 0 Å². The van der Waals surface area contributed by atoms with Crippen molar-refractivity contribution in [2.45, 2.75) is 19.3 Å². The summed E-state index contributed by atoms with van der Waals surface area (Å²) < 4.78 is 0. The Balaban J connectivity index is 1.99. The van der Waals surface area contributed by atoms with E-state index in [2.05, 4.69) is 79.7 Å². The minimum absolute atomic E-state index is 0.579. The summed E-state index contributed by atoms with van der Waals surface area (Å²) in [6.45, 7) is 2.26. The van der Waals surface area contributed by atoms with Crippen LogP contribution in [-0.2, 0) is 0 Å². The smallest absolute Gasteiger partial charge is 0.00248 e. The Bertz CT molecular complexity index is 834. The first-order valence-electron chi connectivity index (χ1n) is 7.67. The van der Waals surface area contributed by atoms with E-state index in [0.717, 1.165) is 0 Å². The summed E-state index contributed by atoms with van der Waals surface area (Å²) in [4.78, 5) is 0. The van der Waals surface area contributed by atoms with Crippen molar-refractivity contribution >= 4 is 16.8 Å². The summed E-state index contributed by atoms with van der Waals surface area (Å²) in [5, 5.41) is 2.64. The van der Waals surface area contributed by atoms with Crippen LogP contribution in [0, 0.1) is 0 Å². The van der Waals surface area contributed by atoms with E-state index in [4.69, 9.17) is 0 Å². The highest BCUT2D eigenvalue weighted by atomic mass is 14.2. The Morgan fingerprint density at radius 2 is 1.57 bits per heavy atom. The first kappa shape index (κ1) is 12.4. The minimum atomic E-state index is 0.579. The van der Waals surface area contributed by atoms with E-state index in [0.29, 0.717) is 5.92 Å². The first-order chi connectivity index (χ1) is 10.4. The molecule has 0 heteroatoms. The monoisotopic (exact) mass is 270 g/mol. The van der Waals surface area contributed by atoms with Gasteiger partial charge in [-0.25, -0.2) is 0 Å². The molecule has 21 heavy (non-hydrogen) atoms. The lowest BCUT2D eigenvalue weighted by Crippen LogP contribution is -1.93. The van der Waals surface area contributed by atoms with E-state index in [9.17, 15) is 0 Å². The van der Waals surface area contributed by atoms with Crippen molar-refractivity contribution in [3.8, 4) is 11.1 Å². The van der Waals surface area contributed by atoms with Crippen LogP contribution < -0.4 is 0 Å². The molecule has 1 aliphatic carbocycles. The molecular weight excluding hydrogens is 252 g/mol. The molecule has 1 aliphatic rings. The molecular formula is C21H18. The van der Waals surface area contributed by atoms with Crippen LogP contribution in [0.1, 0.15) is 30.4 Å². The Labute approximate surface area is 125 Å². The summed E-state index contributed by atoms with van der Waals surface area (Å²) in [5.41, 5.74) is 5.58. The molecule has 0 aliphatic heterocycles. The summed E-state index contributed by atoms with van der Waals surface area (Å²) in [6, 6.07) is 22.0. The second-order valence-corrected chi connectivity index (χ2v) is 5.71. The zero-order chi connectivity index (χ0) is 14.2. The van der Waals surface area contributed by atoms with E-state index >= 15 is 0 Å². The average molecular weight is 270 g/mol. The molecule has 0 nitrogen and oxygen atoms in total. The minimum Gasteiger partial charge on any atom is -0.0764 e. The van der Waals surface area contributed by atoms with Gasteiger partial charge in [-0.1, -0.05) is 79.7 Å². The topological polar surface area (TPSA) is 0 Å². The van der Waals surface area contributed by atoms with Crippen molar-refractivity contribution in [2.24, 2.45) is 0 Å². The largest absolute Gasteiger partial charge is 0.0764 e. The second-order valence-electron chi connectivity index (χ2n) is 5.71. The lowest BCUT2D eigenvalue weighted by Gasteiger charge is -2.13.